The van der Waals surface area contributed by atoms with E-state index in [1.165, 1.54) is 5.39 Å². The molecule has 0 aliphatic rings. The van der Waals surface area contributed by atoms with E-state index in [4.69, 9.17) is 9.47 Å². The Morgan fingerprint density at radius 2 is 1.61 bits per heavy atom. The predicted molar refractivity (Wildman–Crippen MR) is 124 cm³/mol. The van der Waals surface area contributed by atoms with Crippen molar-refractivity contribution in [1.82, 2.24) is 5.32 Å². The number of methoxy groups -OCH3 is 1. The van der Waals surface area contributed by atoms with Gasteiger partial charge in [0.25, 0.3) is 5.91 Å². The van der Waals surface area contributed by atoms with Gasteiger partial charge in [-0.3, -0.25) is 4.79 Å². The lowest BCUT2D eigenvalue weighted by Gasteiger charge is -2.16. The zero-order chi connectivity index (χ0) is 21.6. The number of ether oxygens (including phenoxy) is 2. The van der Waals surface area contributed by atoms with Crippen LogP contribution in [-0.2, 0) is 6.61 Å². The van der Waals surface area contributed by atoms with Crippen molar-refractivity contribution in [2.75, 3.05) is 7.11 Å². The number of amides is 1. The Morgan fingerprint density at radius 3 is 2.39 bits per heavy atom. The molecule has 0 aliphatic carbocycles. The molecule has 0 fully saturated rings. The van der Waals surface area contributed by atoms with Crippen molar-refractivity contribution >= 4 is 16.7 Å². The third-order valence-corrected chi connectivity index (χ3v) is 5.31. The Labute approximate surface area is 182 Å². The molecule has 156 valence electrons. The highest BCUT2D eigenvalue weighted by molar-refractivity contribution is 5.94. The number of carbonyl (C=O) groups excluding carboxylic acids is 1. The molecule has 0 unspecified atom stereocenters. The molecule has 0 saturated carbocycles. The summed E-state index contributed by atoms with van der Waals surface area (Å²) in [5, 5.41) is 5.34. The molecule has 4 nitrogen and oxygen atoms in total. The van der Waals surface area contributed by atoms with Crippen LogP contribution in [0.25, 0.3) is 10.8 Å². The van der Waals surface area contributed by atoms with E-state index in [1.807, 2.05) is 73.7 Å². The fourth-order valence-corrected chi connectivity index (χ4v) is 3.56. The van der Waals surface area contributed by atoms with Gasteiger partial charge in [0.2, 0.25) is 0 Å². The third kappa shape index (κ3) is 4.86. The molecule has 0 aliphatic heterocycles. The van der Waals surface area contributed by atoms with Crippen molar-refractivity contribution < 1.29 is 14.3 Å². The first-order chi connectivity index (χ1) is 15.1. The van der Waals surface area contributed by atoms with Crippen molar-refractivity contribution in [1.29, 1.82) is 0 Å². The topological polar surface area (TPSA) is 47.6 Å². The van der Waals surface area contributed by atoms with E-state index in [0.717, 1.165) is 22.3 Å². The van der Waals surface area contributed by atoms with E-state index in [0.29, 0.717) is 17.9 Å². The highest BCUT2D eigenvalue weighted by Crippen LogP contribution is 2.25. The molecule has 0 spiro atoms. The number of nitrogens with one attached hydrogen (secondary N) is 1. The van der Waals surface area contributed by atoms with Gasteiger partial charge in [0.1, 0.15) is 18.1 Å². The van der Waals surface area contributed by atoms with Crippen molar-refractivity contribution in [2.24, 2.45) is 0 Å². The van der Waals surface area contributed by atoms with Crippen LogP contribution >= 0.6 is 0 Å². The maximum absolute atomic E-state index is 12.8. The summed E-state index contributed by atoms with van der Waals surface area (Å²) in [6.45, 7) is 2.28. The maximum atomic E-state index is 12.8. The third-order valence-electron chi connectivity index (χ3n) is 5.31. The lowest BCUT2D eigenvalue weighted by molar-refractivity contribution is 0.0939. The Morgan fingerprint density at radius 1 is 0.871 bits per heavy atom. The van der Waals surface area contributed by atoms with Gasteiger partial charge in [-0.15, -0.1) is 0 Å². The first kappa shape index (κ1) is 20.5. The molecule has 0 heterocycles. The molecule has 0 bridgehead atoms. The van der Waals surface area contributed by atoms with Crippen LogP contribution in [0.1, 0.15) is 34.5 Å². The average molecular weight is 412 g/mol. The van der Waals surface area contributed by atoms with Crippen molar-refractivity contribution in [3.8, 4) is 11.5 Å². The SMILES string of the molecule is COc1ccc(C(=O)N[C@@H](C)c2ccccc2)cc1COc1ccc2ccccc2c1. The first-order valence-electron chi connectivity index (χ1n) is 10.3. The number of fused-ring (bicyclic) bond motifs is 1. The molecule has 4 aromatic rings. The number of carbonyl (C=O) groups is 1. The van der Waals surface area contributed by atoms with Crippen LogP contribution in [0.3, 0.4) is 0 Å². The quantitative estimate of drug-likeness (QED) is 0.411. The summed E-state index contributed by atoms with van der Waals surface area (Å²) in [4.78, 5) is 12.8. The number of hydrogen-bond acceptors (Lipinski definition) is 3. The first-order valence-corrected chi connectivity index (χ1v) is 10.3. The fraction of sp³-hybridized carbons (Fsp3) is 0.148. The number of hydrogen-bond donors (Lipinski definition) is 1. The highest BCUT2D eigenvalue weighted by Gasteiger charge is 2.14. The number of benzene rings is 4. The molecule has 4 aromatic carbocycles. The van der Waals surface area contributed by atoms with Crippen LogP contribution in [0, 0.1) is 0 Å². The summed E-state index contributed by atoms with van der Waals surface area (Å²) in [5.41, 5.74) is 2.44. The minimum atomic E-state index is -0.133. The smallest absolute Gasteiger partial charge is 0.251 e. The maximum Gasteiger partial charge on any atom is 0.251 e. The highest BCUT2D eigenvalue weighted by atomic mass is 16.5. The molecular formula is C27H25NO3. The van der Waals surface area contributed by atoms with Crippen LogP contribution in [0.5, 0.6) is 11.5 Å². The lowest BCUT2D eigenvalue weighted by atomic mass is 10.1. The van der Waals surface area contributed by atoms with Gasteiger partial charge in [0.05, 0.1) is 13.2 Å². The van der Waals surface area contributed by atoms with E-state index in [2.05, 4.69) is 17.4 Å². The van der Waals surface area contributed by atoms with Crippen LogP contribution in [0.15, 0.2) is 91.0 Å². The van der Waals surface area contributed by atoms with Crippen LogP contribution in [-0.4, -0.2) is 13.0 Å². The van der Waals surface area contributed by atoms with E-state index >= 15 is 0 Å². The predicted octanol–water partition coefficient (Wildman–Crippen LogP) is 5.92. The monoisotopic (exact) mass is 411 g/mol. The molecule has 0 radical (unpaired) electrons. The van der Waals surface area contributed by atoms with Crippen molar-refractivity contribution in [3.63, 3.8) is 0 Å². The van der Waals surface area contributed by atoms with Gasteiger partial charge in [0, 0.05) is 11.1 Å². The summed E-state index contributed by atoms with van der Waals surface area (Å²) < 4.78 is 11.5. The van der Waals surface area contributed by atoms with Crippen LogP contribution in [0.4, 0.5) is 0 Å². The van der Waals surface area contributed by atoms with Crippen LogP contribution < -0.4 is 14.8 Å². The van der Waals surface area contributed by atoms with Gasteiger partial charge >= 0.3 is 0 Å². The van der Waals surface area contributed by atoms with Gasteiger partial charge in [-0.2, -0.15) is 0 Å². The summed E-state index contributed by atoms with van der Waals surface area (Å²) >= 11 is 0. The minimum absolute atomic E-state index is 0.0897. The molecule has 0 saturated heterocycles. The largest absolute Gasteiger partial charge is 0.496 e. The molecule has 4 heteroatoms. The van der Waals surface area contributed by atoms with E-state index < -0.39 is 0 Å². The van der Waals surface area contributed by atoms with Crippen molar-refractivity contribution in [3.05, 3.63) is 108 Å². The zero-order valence-electron chi connectivity index (χ0n) is 17.7. The second kappa shape index (κ2) is 9.35. The molecule has 1 N–H and O–H groups in total. The molecule has 31 heavy (non-hydrogen) atoms. The Balaban J connectivity index is 1.49. The molecule has 1 amide bonds. The van der Waals surface area contributed by atoms with E-state index in [9.17, 15) is 4.79 Å². The van der Waals surface area contributed by atoms with Crippen molar-refractivity contribution in [2.45, 2.75) is 19.6 Å². The van der Waals surface area contributed by atoms with Gasteiger partial charge in [-0.25, -0.2) is 0 Å². The molecule has 0 aromatic heterocycles. The van der Waals surface area contributed by atoms with Gasteiger partial charge in [-0.05, 0) is 53.6 Å². The Kier molecular flexibility index (Phi) is 6.18. The van der Waals surface area contributed by atoms with Gasteiger partial charge < -0.3 is 14.8 Å². The Hall–Kier alpha value is -3.79. The fourth-order valence-electron chi connectivity index (χ4n) is 3.56. The average Bonchev–Trinajstić information content (AvgIpc) is 2.82. The molecule has 1 atom stereocenters. The summed E-state index contributed by atoms with van der Waals surface area (Å²) in [6, 6.07) is 29.4. The Bertz CT molecular complexity index is 1190. The standard InChI is InChI=1S/C27H25NO3/c1-19(20-8-4-3-5-9-20)28-27(29)23-13-15-26(30-2)24(16-23)18-31-25-14-12-21-10-6-7-11-22(21)17-25/h3-17,19H,18H2,1-2H3,(H,28,29)/t19-/m0/s1. The molecular weight excluding hydrogens is 386 g/mol. The van der Waals surface area contributed by atoms with Gasteiger partial charge in [-0.1, -0.05) is 60.7 Å². The second-order valence-electron chi connectivity index (χ2n) is 7.43. The van der Waals surface area contributed by atoms with Crippen LogP contribution in [0.2, 0.25) is 0 Å². The van der Waals surface area contributed by atoms with E-state index in [1.54, 1.807) is 19.2 Å². The number of rotatable bonds is 7. The molecule has 4 rings (SSSR count). The van der Waals surface area contributed by atoms with E-state index in [-0.39, 0.29) is 11.9 Å². The van der Waals surface area contributed by atoms with Gasteiger partial charge in [0.15, 0.2) is 0 Å². The minimum Gasteiger partial charge on any atom is -0.496 e. The normalized spacial score (nSPS) is 11.7. The lowest BCUT2D eigenvalue weighted by Crippen LogP contribution is -2.26. The zero-order valence-corrected chi connectivity index (χ0v) is 17.7. The summed E-state index contributed by atoms with van der Waals surface area (Å²) in [6.07, 6.45) is 0. The second-order valence-corrected chi connectivity index (χ2v) is 7.43. The summed E-state index contributed by atoms with van der Waals surface area (Å²) in [7, 11) is 1.62. The summed E-state index contributed by atoms with van der Waals surface area (Å²) in [5.74, 6) is 1.33.